The second kappa shape index (κ2) is 7.84. The summed E-state index contributed by atoms with van der Waals surface area (Å²) in [6, 6.07) is 12.6. The quantitative estimate of drug-likeness (QED) is 0.476. The second-order valence-electron chi connectivity index (χ2n) is 4.74. The molecule has 0 saturated heterocycles. The van der Waals surface area contributed by atoms with Gasteiger partial charge in [0.25, 0.3) is 5.91 Å². The average Bonchev–Trinajstić information content (AvgIpc) is 2.61. The Hall–Kier alpha value is -3.26. The molecule has 0 heterocycles. The van der Waals surface area contributed by atoms with Crippen molar-refractivity contribution in [2.45, 2.75) is 6.10 Å². The van der Waals surface area contributed by atoms with Crippen LogP contribution in [-0.2, 0) is 4.79 Å². The number of carbonyl (C=O) groups excluding carboxylic acids is 1. The standard InChI is InChI=1S/C16H15N3O5/c1-24-14-8-7-11(9-13(14)19(22)23)10-17-18-16(21)15(20)12-5-3-2-4-6-12/h2-10,15,20H,1H3,(H,18,21)/t15-/m0/s1. The van der Waals surface area contributed by atoms with Gasteiger partial charge in [-0.25, -0.2) is 5.43 Å². The maximum atomic E-state index is 11.8. The van der Waals surface area contributed by atoms with E-state index >= 15 is 0 Å². The molecule has 0 aliphatic rings. The van der Waals surface area contributed by atoms with Crippen molar-refractivity contribution < 1.29 is 19.6 Å². The molecule has 8 heteroatoms. The number of rotatable bonds is 6. The molecule has 0 unspecified atom stereocenters. The van der Waals surface area contributed by atoms with E-state index in [0.717, 1.165) is 0 Å². The van der Waals surface area contributed by atoms with Gasteiger partial charge in [0.15, 0.2) is 11.9 Å². The van der Waals surface area contributed by atoms with Crippen LogP contribution in [0.25, 0.3) is 0 Å². The number of methoxy groups -OCH3 is 1. The van der Waals surface area contributed by atoms with Gasteiger partial charge in [0.05, 0.1) is 18.2 Å². The van der Waals surface area contributed by atoms with Gasteiger partial charge in [0, 0.05) is 11.6 Å². The van der Waals surface area contributed by atoms with E-state index in [-0.39, 0.29) is 11.4 Å². The lowest BCUT2D eigenvalue weighted by molar-refractivity contribution is -0.385. The number of nitrogens with zero attached hydrogens (tertiary/aromatic N) is 2. The summed E-state index contributed by atoms with van der Waals surface area (Å²) in [5, 5.41) is 24.5. The van der Waals surface area contributed by atoms with E-state index in [1.807, 2.05) is 0 Å². The Bertz CT molecular complexity index is 762. The molecular formula is C16H15N3O5. The highest BCUT2D eigenvalue weighted by atomic mass is 16.6. The van der Waals surface area contributed by atoms with E-state index in [1.54, 1.807) is 36.4 Å². The zero-order valence-corrected chi connectivity index (χ0v) is 12.7. The molecule has 0 aliphatic heterocycles. The van der Waals surface area contributed by atoms with Gasteiger partial charge in [-0.15, -0.1) is 0 Å². The average molecular weight is 329 g/mol. The fourth-order valence-corrected chi connectivity index (χ4v) is 1.95. The second-order valence-corrected chi connectivity index (χ2v) is 4.74. The first-order chi connectivity index (χ1) is 11.5. The van der Waals surface area contributed by atoms with Gasteiger partial charge in [-0.3, -0.25) is 14.9 Å². The van der Waals surface area contributed by atoms with Gasteiger partial charge < -0.3 is 9.84 Å². The SMILES string of the molecule is COc1ccc(C=NNC(=O)[C@@H](O)c2ccccc2)cc1[N+](=O)[O-]. The van der Waals surface area contributed by atoms with Gasteiger partial charge in [0.2, 0.25) is 0 Å². The Morgan fingerprint density at radius 1 is 1.33 bits per heavy atom. The minimum absolute atomic E-state index is 0.126. The zero-order valence-electron chi connectivity index (χ0n) is 12.7. The third-order valence-corrected chi connectivity index (χ3v) is 3.15. The summed E-state index contributed by atoms with van der Waals surface area (Å²) in [7, 11) is 1.33. The summed E-state index contributed by atoms with van der Waals surface area (Å²) < 4.78 is 4.90. The molecule has 0 fully saturated rings. The number of nitrogens with one attached hydrogen (secondary N) is 1. The number of nitro benzene ring substituents is 1. The fourth-order valence-electron chi connectivity index (χ4n) is 1.95. The molecule has 2 aromatic rings. The van der Waals surface area contributed by atoms with Crippen molar-refractivity contribution in [1.82, 2.24) is 5.43 Å². The lowest BCUT2D eigenvalue weighted by Crippen LogP contribution is -2.25. The summed E-state index contributed by atoms with van der Waals surface area (Å²) in [5.41, 5.74) is 2.81. The lowest BCUT2D eigenvalue weighted by Gasteiger charge is -2.08. The van der Waals surface area contributed by atoms with Crippen LogP contribution in [0, 0.1) is 10.1 Å². The van der Waals surface area contributed by atoms with Crippen LogP contribution in [0.4, 0.5) is 5.69 Å². The van der Waals surface area contributed by atoms with Crippen molar-refractivity contribution in [1.29, 1.82) is 0 Å². The molecule has 2 aromatic carbocycles. The third-order valence-electron chi connectivity index (χ3n) is 3.15. The number of hydrazone groups is 1. The number of ether oxygens (including phenoxy) is 1. The molecule has 0 radical (unpaired) electrons. The maximum absolute atomic E-state index is 11.8. The Balaban J connectivity index is 2.05. The number of nitro groups is 1. The van der Waals surface area contributed by atoms with Crippen LogP contribution in [0.1, 0.15) is 17.2 Å². The van der Waals surface area contributed by atoms with Crippen molar-refractivity contribution >= 4 is 17.8 Å². The van der Waals surface area contributed by atoms with E-state index < -0.39 is 16.9 Å². The number of benzene rings is 2. The summed E-state index contributed by atoms with van der Waals surface area (Å²) >= 11 is 0. The largest absolute Gasteiger partial charge is 0.490 e. The fraction of sp³-hybridized carbons (Fsp3) is 0.125. The smallest absolute Gasteiger partial charge is 0.311 e. The third kappa shape index (κ3) is 4.14. The summed E-state index contributed by atoms with van der Waals surface area (Å²) in [6.45, 7) is 0. The lowest BCUT2D eigenvalue weighted by atomic mass is 10.1. The van der Waals surface area contributed by atoms with Crippen LogP contribution in [0.3, 0.4) is 0 Å². The summed E-state index contributed by atoms with van der Waals surface area (Å²) in [6.07, 6.45) is -0.115. The van der Waals surface area contributed by atoms with Crippen LogP contribution in [0.15, 0.2) is 53.6 Å². The van der Waals surface area contributed by atoms with Crippen molar-refractivity contribution in [3.8, 4) is 5.75 Å². The molecule has 1 amide bonds. The molecule has 24 heavy (non-hydrogen) atoms. The Morgan fingerprint density at radius 3 is 2.67 bits per heavy atom. The molecule has 2 N–H and O–H groups in total. The molecule has 0 aliphatic carbocycles. The highest BCUT2D eigenvalue weighted by molar-refractivity contribution is 5.85. The first-order valence-electron chi connectivity index (χ1n) is 6.91. The number of hydrogen-bond acceptors (Lipinski definition) is 6. The minimum atomic E-state index is -1.35. The number of amides is 1. The van der Waals surface area contributed by atoms with Crippen molar-refractivity contribution in [3.05, 3.63) is 69.8 Å². The maximum Gasteiger partial charge on any atom is 0.311 e. The van der Waals surface area contributed by atoms with Gasteiger partial charge in [-0.05, 0) is 17.7 Å². The number of aliphatic hydroxyl groups is 1. The monoisotopic (exact) mass is 329 g/mol. The van der Waals surface area contributed by atoms with Crippen molar-refractivity contribution in [2.75, 3.05) is 7.11 Å². The van der Waals surface area contributed by atoms with E-state index in [2.05, 4.69) is 10.5 Å². The van der Waals surface area contributed by atoms with Crippen LogP contribution in [0.5, 0.6) is 5.75 Å². The molecular weight excluding hydrogens is 314 g/mol. The van der Waals surface area contributed by atoms with Gasteiger partial charge in [-0.2, -0.15) is 5.10 Å². The molecule has 124 valence electrons. The van der Waals surface area contributed by atoms with Crippen LogP contribution >= 0.6 is 0 Å². The number of aliphatic hydroxyl groups excluding tert-OH is 1. The van der Waals surface area contributed by atoms with E-state index in [1.165, 1.54) is 25.5 Å². The number of hydrogen-bond donors (Lipinski definition) is 2. The zero-order chi connectivity index (χ0) is 17.5. The Labute approximate surface area is 137 Å². The minimum Gasteiger partial charge on any atom is -0.490 e. The molecule has 8 nitrogen and oxygen atoms in total. The van der Waals surface area contributed by atoms with Gasteiger partial charge in [0.1, 0.15) is 0 Å². The molecule has 2 rings (SSSR count). The topological polar surface area (TPSA) is 114 Å². The van der Waals surface area contributed by atoms with Gasteiger partial charge in [-0.1, -0.05) is 30.3 Å². The normalized spacial score (nSPS) is 11.9. The predicted octanol–water partition coefficient (Wildman–Crippen LogP) is 1.79. The van der Waals surface area contributed by atoms with E-state index in [9.17, 15) is 20.0 Å². The Morgan fingerprint density at radius 2 is 2.04 bits per heavy atom. The summed E-state index contributed by atoms with van der Waals surface area (Å²) in [5.74, 6) is -0.582. The van der Waals surface area contributed by atoms with Crippen LogP contribution in [0.2, 0.25) is 0 Å². The van der Waals surface area contributed by atoms with Crippen LogP contribution < -0.4 is 10.2 Å². The van der Waals surface area contributed by atoms with E-state index in [0.29, 0.717) is 11.1 Å². The molecule has 0 spiro atoms. The first-order valence-corrected chi connectivity index (χ1v) is 6.91. The first kappa shape index (κ1) is 17.1. The predicted molar refractivity (Wildman–Crippen MR) is 86.8 cm³/mol. The van der Waals surface area contributed by atoms with Crippen LogP contribution in [-0.4, -0.2) is 29.3 Å². The highest BCUT2D eigenvalue weighted by Crippen LogP contribution is 2.26. The van der Waals surface area contributed by atoms with Crippen molar-refractivity contribution in [2.24, 2.45) is 5.10 Å². The highest BCUT2D eigenvalue weighted by Gasteiger charge is 2.16. The molecule has 0 saturated carbocycles. The molecule has 1 atom stereocenters. The molecule has 0 aromatic heterocycles. The number of carbonyl (C=O) groups is 1. The van der Waals surface area contributed by atoms with Crippen molar-refractivity contribution in [3.63, 3.8) is 0 Å². The van der Waals surface area contributed by atoms with E-state index in [4.69, 9.17) is 4.74 Å². The molecule has 0 bridgehead atoms. The van der Waals surface area contributed by atoms with Gasteiger partial charge >= 0.3 is 5.69 Å². The Kier molecular flexibility index (Phi) is 5.58. The summed E-state index contributed by atoms with van der Waals surface area (Å²) in [4.78, 5) is 22.2.